The van der Waals surface area contributed by atoms with Crippen molar-refractivity contribution < 1.29 is 45.4 Å². The molecule has 0 amide bonds. The summed E-state index contributed by atoms with van der Waals surface area (Å²) in [5, 5.41) is 12.9. The summed E-state index contributed by atoms with van der Waals surface area (Å²) in [6.07, 6.45) is -10.7. The molecule has 216 valence electrons. The van der Waals surface area contributed by atoms with Crippen LogP contribution < -0.4 is 5.32 Å². The zero-order valence-electron chi connectivity index (χ0n) is 22.0. The molecule has 0 radical (unpaired) electrons. The molecule has 2 aromatic carbocycles. The second kappa shape index (κ2) is 11.4. The number of hydrogen-bond acceptors (Lipinski definition) is 3. The highest BCUT2D eigenvalue weighted by Crippen LogP contribution is 2.44. The number of carboxylic acid groups (broad SMARTS) is 1. The van der Waals surface area contributed by atoms with E-state index in [0.29, 0.717) is 30.5 Å². The number of ether oxygens (including phenoxy) is 1. The van der Waals surface area contributed by atoms with Gasteiger partial charge in [0.15, 0.2) is 0 Å². The number of carboxylic acids is 1. The van der Waals surface area contributed by atoms with E-state index in [-0.39, 0.29) is 30.0 Å². The van der Waals surface area contributed by atoms with Crippen molar-refractivity contribution >= 4 is 5.97 Å². The number of carbonyl (C=O) groups is 1. The molecule has 0 unspecified atom stereocenters. The first-order chi connectivity index (χ1) is 17.9. The van der Waals surface area contributed by atoms with Crippen molar-refractivity contribution in [2.45, 2.75) is 76.6 Å². The first-order valence-corrected chi connectivity index (χ1v) is 12.6. The Morgan fingerprint density at radius 2 is 1.51 bits per heavy atom. The van der Waals surface area contributed by atoms with E-state index in [0.717, 1.165) is 0 Å². The van der Waals surface area contributed by atoms with E-state index in [9.17, 15) is 40.6 Å². The van der Waals surface area contributed by atoms with Gasteiger partial charge in [0.1, 0.15) is 11.4 Å². The van der Waals surface area contributed by atoms with Gasteiger partial charge in [-0.2, -0.15) is 26.3 Å². The van der Waals surface area contributed by atoms with Crippen molar-refractivity contribution in [1.29, 1.82) is 0 Å². The van der Waals surface area contributed by atoms with Gasteiger partial charge in [-0.1, -0.05) is 26.0 Å². The molecule has 1 aliphatic carbocycles. The van der Waals surface area contributed by atoms with Gasteiger partial charge in [-0.25, -0.2) is 4.39 Å². The van der Waals surface area contributed by atoms with Gasteiger partial charge >= 0.3 is 18.3 Å². The van der Waals surface area contributed by atoms with Crippen molar-refractivity contribution in [3.63, 3.8) is 0 Å². The summed E-state index contributed by atoms with van der Waals surface area (Å²) in [6, 6.07) is 7.02. The fourth-order valence-corrected chi connectivity index (χ4v) is 5.02. The van der Waals surface area contributed by atoms with Gasteiger partial charge in [-0.05, 0) is 86.5 Å². The maximum Gasteiger partial charge on any atom is 0.416 e. The van der Waals surface area contributed by atoms with E-state index in [1.54, 1.807) is 32.9 Å². The monoisotopic (exact) mass is 563 g/mol. The van der Waals surface area contributed by atoms with Gasteiger partial charge in [0.2, 0.25) is 0 Å². The van der Waals surface area contributed by atoms with Gasteiger partial charge in [0.05, 0.1) is 23.3 Å². The second-order valence-electron chi connectivity index (χ2n) is 10.6. The molecule has 2 N–H and O–H groups in total. The van der Waals surface area contributed by atoms with Crippen LogP contribution in [-0.2, 0) is 21.9 Å². The van der Waals surface area contributed by atoms with Crippen LogP contribution in [0.2, 0.25) is 0 Å². The normalized spacial score (nSPS) is 22.6. The second-order valence-corrected chi connectivity index (χ2v) is 10.6. The molecule has 0 saturated heterocycles. The van der Waals surface area contributed by atoms with Gasteiger partial charge < -0.3 is 15.2 Å². The molecule has 0 bridgehead atoms. The zero-order chi connectivity index (χ0) is 29.3. The third-order valence-electron chi connectivity index (χ3n) is 7.77. The topological polar surface area (TPSA) is 58.6 Å². The number of alkyl halides is 6. The molecular weight excluding hydrogens is 531 g/mol. The van der Waals surface area contributed by atoms with E-state index in [4.69, 9.17) is 4.74 Å². The van der Waals surface area contributed by atoms with Crippen LogP contribution in [-0.4, -0.2) is 29.3 Å². The molecule has 1 fully saturated rings. The highest BCUT2D eigenvalue weighted by Gasteiger charge is 2.43. The van der Waals surface area contributed by atoms with Gasteiger partial charge in [-0.3, -0.25) is 4.79 Å². The Labute approximate surface area is 222 Å². The van der Waals surface area contributed by atoms with Crippen LogP contribution in [0.15, 0.2) is 42.5 Å². The smallest absolute Gasteiger partial charge is 0.416 e. The predicted molar refractivity (Wildman–Crippen MR) is 130 cm³/mol. The Bertz CT molecular complexity index is 1120. The molecule has 1 aliphatic rings. The van der Waals surface area contributed by atoms with Crippen molar-refractivity contribution in [2.24, 2.45) is 11.8 Å². The maximum absolute atomic E-state index is 13.7. The van der Waals surface area contributed by atoms with Gasteiger partial charge in [0, 0.05) is 5.92 Å². The molecule has 0 aliphatic heterocycles. The summed E-state index contributed by atoms with van der Waals surface area (Å²) < 4.78 is 100. The number of rotatable bonds is 9. The molecule has 0 aromatic heterocycles. The van der Waals surface area contributed by atoms with Crippen LogP contribution in [0.5, 0.6) is 0 Å². The number of hydrogen-bond donors (Lipinski definition) is 2. The van der Waals surface area contributed by atoms with E-state index >= 15 is 0 Å². The molecular formula is C28H32F7NO3. The minimum absolute atomic E-state index is 0.0724. The lowest BCUT2D eigenvalue weighted by atomic mass is 9.84. The quantitative estimate of drug-likeness (QED) is 0.309. The maximum atomic E-state index is 13.7. The third-order valence-corrected chi connectivity index (χ3v) is 7.77. The van der Waals surface area contributed by atoms with E-state index < -0.39 is 58.9 Å². The number of aliphatic carboxylic acids is 1. The molecule has 4 nitrogen and oxygen atoms in total. The lowest BCUT2D eigenvalue weighted by Crippen LogP contribution is -2.55. The third kappa shape index (κ3) is 7.11. The Morgan fingerprint density at radius 3 is 1.97 bits per heavy atom. The van der Waals surface area contributed by atoms with Crippen LogP contribution in [0.1, 0.15) is 74.8 Å². The standard InChI is InChI=1S/C28H32F7NO3/c1-15(2)26(4,25(37)38)36-14-18-7-10-23(24(18)17-5-8-22(29)9-6-17)39-16(3)19-11-20(27(30,31)32)13-21(12-19)28(33,34)35/h5-6,8-9,11-13,15-16,18,23-24,36H,7,10,14H2,1-4H3,(H,37,38)/t16-,18+,23+,24+,26-/m1/s1. The molecule has 5 atom stereocenters. The van der Waals surface area contributed by atoms with Crippen molar-refractivity contribution in [3.8, 4) is 0 Å². The molecule has 39 heavy (non-hydrogen) atoms. The Balaban J connectivity index is 1.91. The summed E-state index contributed by atoms with van der Waals surface area (Å²) in [5.41, 5.74) is -3.67. The summed E-state index contributed by atoms with van der Waals surface area (Å²) in [4.78, 5) is 11.9. The molecule has 3 rings (SSSR count). The minimum atomic E-state index is -4.98. The lowest BCUT2D eigenvalue weighted by Gasteiger charge is -2.34. The van der Waals surface area contributed by atoms with Crippen LogP contribution in [0, 0.1) is 17.7 Å². The molecule has 2 aromatic rings. The predicted octanol–water partition coefficient (Wildman–Crippen LogP) is 7.59. The summed E-state index contributed by atoms with van der Waals surface area (Å²) in [5.74, 6) is -2.34. The number of halogens is 7. The van der Waals surface area contributed by atoms with E-state index in [1.807, 2.05) is 0 Å². The average molecular weight is 564 g/mol. The highest BCUT2D eigenvalue weighted by atomic mass is 19.4. The first-order valence-electron chi connectivity index (χ1n) is 12.6. The van der Waals surface area contributed by atoms with Crippen LogP contribution >= 0.6 is 0 Å². The fourth-order valence-electron chi connectivity index (χ4n) is 5.02. The Morgan fingerprint density at radius 1 is 0.974 bits per heavy atom. The highest BCUT2D eigenvalue weighted by molar-refractivity contribution is 5.78. The number of nitrogens with one attached hydrogen (secondary N) is 1. The van der Waals surface area contributed by atoms with E-state index in [1.165, 1.54) is 19.1 Å². The molecule has 11 heteroatoms. The van der Waals surface area contributed by atoms with Crippen molar-refractivity contribution in [1.82, 2.24) is 5.32 Å². The molecule has 0 heterocycles. The minimum Gasteiger partial charge on any atom is -0.480 e. The van der Waals surface area contributed by atoms with Crippen molar-refractivity contribution in [2.75, 3.05) is 6.54 Å². The molecule has 1 saturated carbocycles. The molecule has 0 spiro atoms. The SMILES string of the molecule is CC(C)[C@@](C)(NC[C@@H]1CC[C@H](O[C@H](C)c2cc(C(F)(F)F)cc(C(F)(F)F)c2)[C@H]1c1ccc(F)cc1)C(=O)O. The summed E-state index contributed by atoms with van der Waals surface area (Å²) >= 11 is 0. The summed E-state index contributed by atoms with van der Waals surface area (Å²) in [6.45, 7) is 6.77. The average Bonchev–Trinajstić information content (AvgIpc) is 3.23. The van der Waals surface area contributed by atoms with Crippen LogP contribution in [0.4, 0.5) is 30.7 Å². The summed E-state index contributed by atoms with van der Waals surface area (Å²) in [7, 11) is 0. The fraction of sp³-hybridized carbons (Fsp3) is 0.536. The van der Waals surface area contributed by atoms with Gasteiger partial charge in [0.25, 0.3) is 0 Å². The number of benzene rings is 2. The van der Waals surface area contributed by atoms with Gasteiger partial charge in [-0.15, -0.1) is 0 Å². The van der Waals surface area contributed by atoms with Crippen LogP contribution in [0.3, 0.4) is 0 Å². The van der Waals surface area contributed by atoms with Crippen LogP contribution in [0.25, 0.3) is 0 Å². The first kappa shape index (κ1) is 30.9. The Kier molecular flexibility index (Phi) is 9.06. The van der Waals surface area contributed by atoms with E-state index in [2.05, 4.69) is 5.32 Å². The zero-order valence-corrected chi connectivity index (χ0v) is 22.0. The Hall–Kier alpha value is -2.66. The largest absolute Gasteiger partial charge is 0.480 e. The lowest BCUT2D eigenvalue weighted by molar-refractivity contribution is -0.146. The van der Waals surface area contributed by atoms with Crippen molar-refractivity contribution in [3.05, 3.63) is 70.5 Å².